The molecule has 1 aromatic rings. The molecule has 0 aromatic heterocycles. The van der Waals surface area contributed by atoms with Crippen LogP contribution in [0.5, 0.6) is 0 Å². The van der Waals surface area contributed by atoms with Gasteiger partial charge in [-0.3, -0.25) is 4.79 Å². The molecule has 0 aliphatic carbocycles. The van der Waals surface area contributed by atoms with E-state index in [-0.39, 0.29) is 17.5 Å². The summed E-state index contributed by atoms with van der Waals surface area (Å²) in [7, 11) is 0. The third-order valence-corrected chi connectivity index (χ3v) is 2.57. The van der Waals surface area contributed by atoms with Gasteiger partial charge in [-0.15, -0.1) is 0 Å². The number of ketones is 1. The standard InChI is InChI=1S/C14H18F2O3/c1-4-18-8-9(2)19-10(3)14(17)11-5-6-12(15)13(16)7-11/h5-7,9-10H,4,8H2,1-3H3. The Balaban J connectivity index is 2.63. The summed E-state index contributed by atoms with van der Waals surface area (Å²) >= 11 is 0. The van der Waals surface area contributed by atoms with E-state index in [1.807, 2.05) is 6.92 Å². The van der Waals surface area contributed by atoms with Crippen LogP contribution >= 0.6 is 0 Å². The maximum atomic E-state index is 13.0. The highest BCUT2D eigenvalue weighted by Gasteiger charge is 2.19. The maximum absolute atomic E-state index is 13.0. The van der Waals surface area contributed by atoms with Crippen LogP contribution in [0, 0.1) is 11.6 Å². The Labute approximate surface area is 111 Å². The second-order valence-electron chi connectivity index (χ2n) is 4.24. The molecule has 2 atom stereocenters. The van der Waals surface area contributed by atoms with Crippen LogP contribution < -0.4 is 0 Å². The molecule has 0 saturated heterocycles. The van der Waals surface area contributed by atoms with E-state index in [0.29, 0.717) is 13.2 Å². The Morgan fingerprint density at radius 2 is 1.95 bits per heavy atom. The van der Waals surface area contributed by atoms with Gasteiger partial charge in [0.2, 0.25) is 0 Å². The topological polar surface area (TPSA) is 35.5 Å². The molecule has 1 rings (SSSR count). The highest BCUT2D eigenvalue weighted by Crippen LogP contribution is 2.13. The molecule has 0 aliphatic heterocycles. The molecule has 0 radical (unpaired) electrons. The molecular formula is C14H18F2O3. The monoisotopic (exact) mass is 272 g/mol. The lowest BCUT2D eigenvalue weighted by atomic mass is 10.1. The molecular weight excluding hydrogens is 254 g/mol. The number of halogens is 2. The van der Waals surface area contributed by atoms with Crippen molar-refractivity contribution in [2.45, 2.75) is 33.0 Å². The minimum absolute atomic E-state index is 0.0926. The molecule has 0 N–H and O–H groups in total. The largest absolute Gasteiger partial charge is 0.379 e. The van der Waals surface area contributed by atoms with Crippen LogP contribution in [0.2, 0.25) is 0 Å². The van der Waals surface area contributed by atoms with Crippen LogP contribution in [0.15, 0.2) is 18.2 Å². The molecule has 19 heavy (non-hydrogen) atoms. The molecule has 2 unspecified atom stereocenters. The van der Waals surface area contributed by atoms with Gasteiger partial charge in [0.25, 0.3) is 0 Å². The van der Waals surface area contributed by atoms with E-state index in [2.05, 4.69) is 0 Å². The van der Waals surface area contributed by atoms with Crippen LogP contribution in [0.4, 0.5) is 8.78 Å². The molecule has 0 aliphatic rings. The van der Waals surface area contributed by atoms with Crippen molar-refractivity contribution in [3.8, 4) is 0 Å². The molecule has 0 spiro atoms. The molecule has 0 heterocycles. The van der Waals surface area contributed by atoms with Crippen LogP contribution in [0.1, 0.15) is 31.1 Å². The summed E-state index contributed by atoms with van der Waals surface area (Å²) in [5, 5.41) is 0. The normalized spacial score (nSPS) is 14.2. The van der Waals surface area contributed by atoms with Crippen molar-refractivity contribution in [3.63, 3.8) is 0 Å². The lowest BCUT2D eigenvalue weighted by Gasteiger charge is -2.18. The maximum Gasteiger partial charge on any atom is 0.191 e. The average Bonchev–Trinajstić information content (AvgIpc) is 2.38. The first-order chi connectivity index (χ1) is 8.95. The molecule has 1 aromatic carbocycles. The van der Waals surface area contributed by atoms with Gasteiger partial charge in [-0.25, -0.2) is 8.78 Å². The molecule has 0 amide bonds. The highest BCUT2D eigenvalue weighted by molar-refractivity contribution is 5.99. The lowest BCUT2D eigenvalue weighted by Crippen LogP contribution is -2.28. The van der Waals surface area contributed by atoms with Gasteiger partial charge in [0.15, 0.2) is 17.4 Å². The first-order valence-corrected chi connectivity index (χ1v) is 6.18. The van der Waals surface area contributed by atoms with Gasteiger partial charge < -0.3 is 9.47 Å². The van der Waals surface area contributed by atoms with Gasteiger partial charge in [-0.2, -0.15) is 0 Å². The summed E-state index contributed by atoms with van der Waals surface area (Å²) in [6.07, 6.45) is -0.982. The number of rotatable bonds is 7. The highest BCUT2D eigenvalue weighted by atomic mass is 19.2. The first kappa shape index (κ1) is 15.7. The van der Waals surface area contributed by atoms with Crippen LogP contribution in [0.25, 0.3) is 0 Å². The van der Waals surface area contributed by atoms with Crippen molar-refractivity contribution < 1.29 is 23.0 Å². The summed E-state index contributed by atoms with van der Waals surface area (Å²) in [5.41, 5.74) is 0.0926. The van der Waals surface area contributed by atoms with Gasteiger partial charge in [0, 0.05) is 12.2 Å². The summed E-state index contributed by atoms with van der Waals surface area (Å²) in [6, 6.07) is 3.05. The zero-order chi connectivity index (χ0) is 14.4. The summed E-state index contributed by atoms with van der Waals surface area (Å²) < 4.78 is 36.4. The Morgan fingerprint density at radius 3 is 2.53 bits per heavy atom. The Bertz CT molecular complexity index is 435. The lowest BCUT2D eigenvalue weighted by molar-refractivity contribution is -0.0297. The van der Waals surface area contributed by atoms with Crippen molar-refractivity contribution in [3.05, 3.63) is 35.4 Å². The van der Waals surface area contributed by atoms with Gasteiger partial charge in [-0.1, -0.05) is 0 Å². The zero-order valence-electron chi connectivity index (χ0n) is 11.3. The van der Waals surface area contributed by atoms with Crippen LogP contribution in [-0.2, 0) is 9.47 Å². The molecule has 106 valence electrons. The summed E-state index contributed by atoms with van der Waals surface area (Å²) in [6.45, 7) is 6.17. The number of carbonyl (C=O) groups is 1. The van der Waals surface area contributed by atoms with E-state index in [1.54, 1.807) is 13.8 Å². The zero-order valence-corrected chi connectivity index (χ0v) is 11.3. The fourth-order valence-corrected chi connectivity index (χ4v) is 1.62. The Kier molecular flexibility index (Phi) is 6.05. The average molecular weight is 272 g/mol. The molecule has 0 saturated carbocycles. The van der Waals surface area contributed by atoms with Crippen LogP contribution in [-0.4, -0.2) is 31.2 Å². The van der Waals surface area contributed by atoms with Crippen LogP contribution in [0.3, 0.4) is 0 Å². The second kappa shape index (κ2) is 7.31. The van der Waals surface area contributed by atoms with E-state index in [4.69, 9.17) is 9.47 Å². The number of hydrogen-bond donors (Lipinski definition) is 0. The number of carbonyl (C=O) groups excluding carboxylic acids is 1. The fraction of sp³-hybridized carbons (Fsp3) is 0.500. The number of Topliss-reactive ketones (excluding diaryl/α,β-unsaturated/α-hetero) is 1. The number of ether oxygens (including phenoxy) is 2. The van der Waals surface area contributed by atoms with Gasteiger partial charge in [0.1, 0.15) is 6.10 Å². The van der Waals surface area contributed by atoms with E-state index in [0.717, 1.165) is 12.1 Å². The fourth-order valence-electron chi connectivity index (χ4n) is 1.62. The van der Waals surface area contributed by atoms with Gasteiger partial charge in [-0.05, 0) is 39.0 Å². The quantitative estimate of drug-likeness (QED) is 0.716. The molecule has 0 fully saturated rings. The van der Waals surface area contributed by atoms with Crippen molar-refractivity contribution in [2.24, 2.45) is 0 Å². The van der Waals surface area contributed by atoms with E-state index in [1.165, 1.54) is 6.07 Å². The number of benzene rings is 1. The van der Waals surface area contributed by atoms with Crippen molar-refractivity contribution in [1.29, 1.82) is 0 Å². The first-order valence-electron chi connectivity index (χ1n) is 6.18. The smallest absolute Gasteiger partial charge is 0.191 e. The van der Waals surface area contributed by atoms with E-state index < -0.39 is 17.7 Å². The SMILES string of the molecule is CCOCC(C)OC(C)C(=O)c1ccc(F)c(F)c1. The summed E-state index contributed by atoms with van der Waals surface area (Å²) in [5.74, 6) is -2.41. The predicted octanol–water partition coefficient (Wildman–Crippen LogP) is 2.98. The van der Waals surface area contributed by atoms with Crippen molar-refractivity contribution in [1.82, 2.24) is 0 Å². The van der Waals surface area contributed by atoms with Gasteiger partial charge >= 0.3 is 0 Å². The Hall–Kier alpha value is -1.33. The minimum atomic E-state index is -1.04. The third-order valence-electron chi connectivity index (χ3n) is 2.57. The second-order valence-corrected chi connectivity index (χ2v) is 4.24. The molecule has 3 nitrogen and oxygen atoms in total. The molecule has 0 bridgehead atoms. The Morgan fingerprint density at radius 1 is 1.26 bits per heavy atom. The van der Waals surface area contributed by atoms with Crippen molar-refractivity contribution >= 4 is 5.78 Å². The third kappa shape index (κ3) is 4.69. The number of hydrogen-bond acceptors (Lipinski definition) is 3. The minimum Gasteiger partial charge on any atom is -0.379 e. The van der Waals surface area contributed by atoms with Gasteiger partial charge in [0.05, 0.1) is 12.7 Å². The predicted molar refractivity (Wildman–Crippen MR) is 67.2 cm³/mol. The summed E-state index contributed by atoms with van der Waals surface area (Å²) in [4.78, 5) is 12.0. The van der Waals surface area contributed by atoms with E-state index in [9.17, 15) is 13.6 Å². The van der Waals surface area contributed by atoms with Crippen molar-refractivity contribution in [2.75, 3.05) is 13.2 Å². The molecule has 5 heteroatoms. The van der Waals surface area contributed by atoms with E-state index >= 15 is 0 Å².